The minimum Gasteiger partial charge on any atom is -0.365 e. The summed E-state index contributed by atoms with van der Waals surface area (Å²) in [7, 11) is 0. The van der Waals surface area contributed by atoms with E-state index in [2.05, 4.69) is 10.3 Å². The maximum absolute atomic E-state index is 12.2. The Balaban J connectivity index is 1.98. The number of anilines is 1. The van der Waals surface area contributed by atoms with Gasteiger partial charge in [-0.3, -0.25) is 14.5 Å². The number of rotatable bonds is 1. The van der Waals surface area contributed by atoms with Crippen LogP contribution in [0.2, 0.25) is 0 Å². The molecule has 0 radical (unpaired) electrons. The summed E-state index contributed by atoms with van der Waals surface area (Å²) in [6.45, 7) is 5.87. The molecule has 6 nitrogen and oxygen atoms in total. The van der Waals surface area contributed by atoms with Gasteiger partial charge in [-0.1, -0.05) is 25.2 Å². The van der Waals surface area contributed by atoms with Crippen LogP contribution in [0.4, 0.5) is 5.13 Å². The van der Waals surface area contributed by atoms with Crippen molar-refractivity contribution in [2.24, 2.45) is 5.41 Å². The summed E-state index contributed by atoms with van der Waals surface area (Å²) in [6.07, 6.45) is -0.310. The highest BCUT2D eigenvalue weighted by Crippen LogP contribution is 2.40. The van der Waals surface area contributed by atoms with Gasteiger partial charge in [-0.2, -0.15) is 0 Å². The van der Waals surface area contributed by atoms with Crippen LogP contribution in [-0.2, 0) is 11.2 Å². The molecule has 1 fully saturated rings. The SMILES string of the molecule is CC1NC(=O)C(O)N1c1nc2c(s1)C(=O)CC(C)(C)C2. The Morgan fingerprint density at radius 2 is 2.10 bits per heavy atom. The summed E-state index contributed by atoms with van der Waals surface area (Å²) in [5, 5.41) is 13.1. The zero-order valence-electron chi connectivity index (χ0n) is 11.6. The third-order valence-corrected chi connectivity index (χ3v) is 4.86. The Bertz CT molecular complexity index is 596. The molecule has 0 aromatic carbocycles. The van der Waals surface area contributed by atoms with E-state index in [1.54, 1.807) is 6.92 Å². The van der Waals surface area contributed by atoms with Gasteiger partial charge < -0.3 is 10.4 Å². The number of aliphatic hydroxyl groups excluding tert-OH is 1. The molecule has 2 aliphatic rings. The van der Waals surface area contributed by atoms with Crippen LogP contribution in [0.3, 0.4) is 0 Å². The van der Waals surface area contributed by atoms with Gasteiger partial charge in [0.2, 0.25) is 6.23 Å². The highest BCUT2D eigenvalue weighted by molar-refractivity contribution is 7.17. The largest absolute Gasteiger partial charge is 0.365 e. The Hall–Kier alpha value is -1.47. The number of carbonyl (C=O) groups excluding carboxylic acids is 2. The Morgan fingerprint density at radius 3 is 2.70 bits per heavy atom. The third-order valence-electron chi connectivity index (χ3n) is 3.71. The summed E-state index contributed by atoms with van der Waals surface area (Å²) in [5.41, 5.74) is 0.698. The van der Waals surface area contributed by atoms with Gasteiger partial charge in [0.05, 0.1) is 10.6 Å². The molecule has 1 aliphatic carbocycles. The van der Waals surface area contributed by atoms with E-state index in [1.807, 2.05) is 13.8 Å². The van der Waals surface area contributed by atoms with Gasteiger partial charge in [0.1, 0.15) is 6.17 Å². The van der Waals surface area contributed by atoms with Gasteiger partial charge in [-0.25, -0.2) is 4.98 Å². The van der Waals surface area contributed by atoms with Crippen LogP contribution in [0, 0.1) is 5.41 Å². The number of aliphatic hydroxyl groups is 1. The lowest BCUT2D eigenvalue weighted by Crippen LogP contribution is -2.37. The lowest BCUT2D eigenvalue weighted by molar-refractivity contribution is -0.126. The molecule has 2 heterocycles. The highest BCUT2D eigenvalue weighted by atomic mass is 32.1. The van der Waals surface area contributed by atoms with Gasteiger partial charge in [0, 0.05) is 6.42 Å². The maximum Gasteiger partial charge on any atom is 0.271 e. The monoisotopic (exact) mass is 295 g/mol. The molecule has 0 bridgehead atoms. The second-order valence-corrected chi connectivity index (χ2v) is 7.16. The van der Waals surface area contributed by atoms with Crippen molar-refractivity contribution in [3.8, 4) is 0 Å². The number of nitrogens with one attached hydrogen (secondary N) is 1. The number of thiazole rings is 1. The molecule has 2 unspecified atom stereocenters. The predicted molar refractivity (Wildman–Crippen MR) is 74.6 cm³/mol. The van der Waals surface area contributed by atoms with Crippen molar-refractivity contribution in [3.05, 3.63) is 10.6 Å². The van der Waals surface area contributed by atoms with Gasteiger partial charge in [0.15, 0.2) is 10.9 Å². The van der Waals surface area contributed by atoms with Gasteiger partial charge in [-0.05, 0) is 18.8 Å². The summed E-state index contributed by atoms with van der Waals surface area (Å²) in [5.74, 6) is -0.335. The van der Waals surface area contributed by atoms with E-state index >= 15 is 0 Å². The molecule has 0 saturated carbocycles. The maximum atomic E-state index is 12.2. The molecule has 1 aromatic rings. The molecule has 2 N–H and O–H groups in total. The van der Waals surface area contributed by atoms with Crippen molar-refractivity contribution in [2.45, 2.75) is 46.0 Å². The number of Topliss-reactive ketones (excluding diaryl/α,β-unsaturated/α-hetero) is 1. The molecular formula is C13H17N3O3S. The van der Waals surface area contributed by atoms with Crippen molar-refractivity contribution in [1.29, 1.82) is 0 Å². The smallest absolute Gasteiger partial charge is 0.271 e. The van der Waals surface area contributed by atoms with E-state index in [0.29, 0.717) is 16.4 Å². The zero-order chi connectivity index (χ0) is 14.7. The van der Waals surface area contributed by atoms with Gasteiger partial charge >= 0.3 is 0 Å². The number of hydrogen-bond donors (Lipinski definition) is 2. The minimum absolute atomic E-state index is 0.0846. The Kier molecular flexibility index (Phi) is 2.88. The van der Waals surface area contributed by atoms with Crippen molar-refractivity contribution in [1.82, 2.24) is 10.3 Å². The van der Waals surface area contributed by atoms with Crippen molar-refractivity contribution < 1.29 is 14.7 Å². The molecule has 1 aliphatic heterocycles. The van der Waals surface area contributed by atoms with Crippen LogP contribution in [-0.4, -0.2) is 34.2 Å². The molecule has 3 rings (SSSR count). The quantitative estimate of drug-likeness (QED) is 0.804. The Labute approximate surface area is 120 Å². The van der Waals surface area contributed by atoms with Crippen LogP contribution in [0.1, 0.15) is 42.6 Å². The fraction of sp³-hybridized carbons (Fsp3) is 0.615. The predicted octanol–water partition coefficient (Wildman–Crippen LogP) is 0.899. The average molecular weight is 295 g/mol. The van der Waals surface area contributed by atoms with Crippen molar-refractivity contribution >= 4 is 28.2 Å². The van der Waals surface area contributed by atoms with Gasteiger partial charge in [-0.15, -0.1) is 0 Å². The van der Waals surface area contributed by atoms with E-state index in [1.165, 1.54) is 16.2 Å². The molecule has 2 atom stereocenters. The second kappa shape index (κ2) is 4.26. The van der Waals surface area contributed by atoms with Crippen LogP contribution in [0.25, 0.3) is 0 Å². The first-order chi connectivity index (χ1) is 9.28. The number of fused-ring (bicyclic) bond motifs is 1. The van der Waals surface area contributed by atoms with Crippen molar-refractivity contribution in [2.75, 3.05) is 4.90 Å². The number of amides is 1. The van der Waals surface area contributed by atoms with Crippen molar-refractivity contribution in [3.63, 3.8) is 0 Å². The number of hydrogen-bond acceptors (Lipinski definition) is 6. The summed E-state index contributed by atoms with van der Waals surface area (Å²) in [6, 6.07) is 0. The number of ketones is 1. The van der Waals surface area contributed by atoms with Crippen LogP contribution in [0.15, 0.2) is 0 Å². The Morgan fingerprint density at radius 1 is 1.40 bits per heavy atom. The lowest BCUT2D eigenvalue weighted by Gasteiger charge is -2.26. The second-order valence-electron chi connectivity index (χ2n) is 6.18. The van der Waals surface area contributed by atoms with E-state index in [9.17, 15) is 14.7 Å². The molecular weight excluding hydrogens is 278 g/mol. The molecule has 20 heavy (non-hydrogen) atoms. The average Bonchev–Trinajstić information content (AvgIpc) is 2.80. The molecule has 1 saturated heterocycles. The summed E-state index contributed by atoms with van der Waals surface area (Å²) >= 11 is 1.26. The van der Waals surface area contributed by atoms with E-state index in [4.69, 9.17) is 0 Å². The van der Waals surface area contributed by atoms with E-state index in [-0.39, 0.29) is 17.4 Å². The first-order valence-electron chi connectivity index (χ1n) is 6.58. The van der Waals surface area contributed by atoms with Crippen LogP contribution >= 0.6 is 11.3 Å². The lowest BCUT2D eigenvalue weighted by atomic mass is 9.78. The zero-order valence-corrected chi connectivity index (χ0v) is 12.5. The fourth-order valence-corrected chi connectivity index (χ4v) is 3.90. The topological polar surface area (TPSA) is 82.5 Å². The molecule has 108 valence electrons. The molecule has 0 spiro atoms. The fourth-order valence-electron chi connectivity index (χ4n) is 2.78. The summed E-state index contributed by atoms with van der Waals surface area (Å²) in [4.78, 5) is 30.3. The highest BCUT2D eigenvalue weighted by Gasteiger charge is 2.40. The van der Waals surface area contributed by atoms with E-state index < -0.39 is 12.1 Å². The number of carbonyl (C=O) groups is 2. The van der Waals surface area contributed by atoms with E-state index in [0.717, 1.165) is 12.1 Å². The van der Waals surface area contributed by atoms with Gasteiger partial charge in [0.25, 0.3) is 5.91 Å². The standard InChI is InChI=1S/C13H17N3O3S/c1-6-14-10(18)11(19)16(6)12-15-7-4-13(2,3)5-8(17)9(7)20-12/h6,11,19H,4-5H2,1-3H3,(H,14,18). The molecule has 7 heteroatoms. The van der Waals surface area contributed by atoms with Crippen LogP contribution in [0.5, 0.6) is 0 Å². The summed E-state index contributed by atoms with van der Waals surface area (Å²) < 4.78 is 0. The third kappa shape index (κ3) is 2.01. The van der Waals surface area contributed by atoms with Crippen LogP contribution < -0.4 is 10.2 Å². The number of aromatic nitrogens is 1. The molecule has 1 amide bonds. The first kappa shape index (κ1) is 13.5. The first-order valence-corrected chi connectivity index (χ1v) is 7.40. The number of nitrogens with zero attached hydrogens (tertiary/aromatic N) is 2. The normalized spacial score (nSPS) is 28.5. The molecule has 1 aromatic heterocycles. The minimum atomic E-state index is -1.24.